The van der Waals surface area contributed by atoms with Crippen LogP contribution in [0.2, 0.25) is 0 Å². The lowest BCUT2D eigenvalue weighted by molar-refractivity contribution is 0.332. The number of hydrogen-bond donors (Lipinski definition) is 2. The maximum atomic E-state index is 8.82. The molecule has 1 aliphatic rings. The molecule has 0 aliphatic carbocycles. The minimum Gasteiger partial charge on any atom is -0.490 e. The van der Waals surface area contributed by atoms with Gasteiger partial charge >= 0.3 is 0 Å². The van der Waals surface area contributed by atoms with Crippen molar-refractivity contribution >= 4 is 5.69 Å². The normalized spacial score (nSPS) is 18.9. The first kappa shape index (κ1) is 7.90. The highest BCUT2D eigenvalue weighted by atomic mass is 16.5. The van der Waals surface area contributed by atoms with Crippen LogP contribution < -0.4 is 16.2 Å². The van der Waals surface area contributed by atoms with Crippen LogP contribution >= 0.6 is 0 Å². The highest BCUT2D eigenvalue weighted by Gasteiger charge is 2.24. The van der Waals surface area contributed by atoms with Crippen molar-refractivity contribution in [1.82, 2.24) is 0 Å². The lowest BCUT2D eigenvalue weighted by Gasteiger charge is -2.03. The first-order valence-corrected chi connectivity index (χ1v) is 3.95. The number of benzene rings is 1. The van der Waals surface area contributed by atoms with E-state index >= 15 is 0 Å². The summed E-state index contributed by atoms with van der Waals surface area (Å²) in [5, 5.41) is 8.82. The van der Waals surface area contributed by atoms with Gasteiger partial charge in [-0.1, -0.05) is 6.07 Å². The highest BCUT2D eigenvalue weighted by molar-refractivity contribution is 5.65. The van der Waals surface area contributed by atoms with Gasteiger partial charge in [-0.2, -0.15) is 5.26 Å². The Morgan fingerprint density at radius 3 is 3.00 bits per heavy atom. The van der Waals surface area contributed by atoms with Crippen molar-refractivity contribution in [2.75, 3.05) is 12.3 Å². The molecule has 66 valence electrons. The van der Waals surface area contributed by atoms with Gasteiger partial charge in [0.05, 0.1) is 11.7 Å². The molecular weight excluding hydrogens is 166 g/mol. The number of anilines is 1. The van der Waals surface area contributed by atoms with Crippen molar-refractivity contribution in [2.24, 2.45) is 5.73 Å². The molecule has 2 rings (SSSR count). The van der Waals surface area contributed by atoms with Crippen molar-refractivity contribution in [3.05, 3.63) is 23.3 Å². The summed E-state index contributed by atoms with van der Waals surface area (Å²) in [4.78, 5) is 0. The Morgan fingerprint density at radius 2 is 2.31 bits per heavy atom. The van der Waals surface area contributed by atoms with Crippen molar-refractivity contribution < 1.29 is 4.74 Å². The minimum absolute atomic E-state index is 0.136. The van der Waals surface area contributed by atoms with E-state index in [0.29, 0.717) is 23.6 Å². The SMILES string of the molecule is N#Cc1c(N)ccc2c1OC[C@@H]2N. The van der Waals surface area contributed by atoms with E-state index in [1.54, 1.807) is 6.07 Å². The Morgan fingerprint density at radius 1 is 1.54 bits per heavy atom. The van der Waals surface area contributed by atoms with E-state index in [9.17, 15) is 0 Å². The Balaban J connectivity index is 2.66. The molecule has 1 aromatic rings. The molecule has 1 heterocycles. The van der Waals surface area contributed by atoms with Crippen molar-refractivity contribution in [2.45, 2.75) is 6.04 Å². The van der Waals surface area contributed by atoms with Crippen LogP contribution in [0.1, 0.15) is 17.2 Å². The smallest absolute Gasteiger partial charge is 0.144 e. The molecule has 4 heteroatoms. The molecule has 0 bridgehead atoms. The average molecular weight is 175 g/mol. The quantitative estimate of drug-likeness (QED) is 0.563. The molecule has 0 spiro atoms. The first-order chi connectivity index (χ1) is 6.24. The van der Waals surface area contributed by atoms with Crippen LogP contribution in [0.3, 0.4) is 0 Å². The summed E-state index contributed by atoms with van der Waals surface area (Å²) in [7, 11) is 0. The van der Waals surface area contributed by atoms with Gasteiger partial charge in [-0.25, -0.2) is 0 Å². The average Bonchev–Trinajstić information content (AvgIpc) is 2.48. The second kappa shape index (κ2) is 2.64. The van der Waals surface area contributed by atoms with Crippen LogP contribution in [0.5, 0.6) is 5.75 Å². The zero-order valence-corrected chi connectivity index (χ0v) is 6.95. The molecule has 13 heavy (non-hydrogen) atoms. The standard InChI is InChI=1S/C9H9N3O/c10-3-6-7(11)2-1-5-8(12)4-13-9(5)6/h1-2,8H,4,11-12H2/t8-/m0/s1. The van der Waals surface area contributed by atoms with E-state index in [1.807, 2.05) is 12.1 Å². The first-order valence-electron chi connectivity index (χ1n) is 3.95. The van der Waals surface area contributed by atoms with E-state index in [-0.39, 0.29) is 6.04 Å². The number of nitrogens with two attached hydrogens (primary N) is 2. The van der Waals surface area contributed by atoms with Crippen LogP contribution in [0.4, 0.5) is 5.69 Å². The molecule has 0 saturated heterocycles. The third-order valence-electron chi connectivity index (χ3n) is 2.14. The fourth-order valence-electron chi connectivity index (χ4n) is 1.44. The summed E-state index contributed by atoms with van der Waals surface area (Å²) in [5.74, 6) is 0.551. The molecular formula is C9H9N3O. The lowest BCUT2D eigenvalue weighted by Crippen LogP contribution is -2.10. The summed E-state index contributed by atoms with van der Waals surface area (Å²) < 4.78 is 5.29. The van der Waals surface area contributed by atoms with E-state index in [0.717, 1.165) is 5.56 Å². The van der Waals surface area contributed by atoms with E-state index in [2.05, 4.69) is 0 Å². The molecule has 1 atom stereocenters. The summed E-state index contributed by atoms with van der Waals surface area (Å²) in [6, 6.07) is 5.37. The maximum absolute atomic E-state index is 8.82. The number of nitrogen functional groups attached to an aromatic ring is 1. The zero-order chi connectivity index (χ0) is 9.42. The number of nitriles is 1. The molecule has 4 N–H and O–H groups in total. The third kappa shape index (κ3) is 1.02. The summed E-state index contributed by atoms with van der Waals surface area (Å²) >= 11 is 0. The van der Waals surface area contributed by atoms with Gasteiger partial charge in [0.1, 0.15) is 24.0 Å². The summed E-state index contributed by atoms with van der Waals surface area (Å²) in [6.45, 7) is 0.424. The maximum Gasteiger partial charge on any atom is 0.144 e. The number of fused-ring (bicyclic) bond motifs is 1. The molecule has 1 aliphatic heterocycles. The minimum atomic E-state index is -0.136. The molecule has 0 saturated carbocycles. The molecule has 0 fully saturated rings. The molecule has 0 radical (unpaired) electrons. The molecule has 0 aromatic heterocycles. The van der Waals surface area contributed by atoms with Gasteiger partial charge in [0.15, 0.2) is 0 Å². The number of ether oxygens (including phenoxy) is 1. The van der Waals surface area contributed by atoms with Crippen LogP contribution in [-0.4, -0.2) is 6.61 Å². The van der Waals surface area contributed by atoms with Crippen molar-refractivity contribution in [3.63, 3.8) is 0 Å². The topological polar surface area (TPSA) is 85.1 Å². The van der Waals surface area contributed by atoms with Crippen molar-refractivity contribution in [1.29, 1.82) is 5.26 Å². The van der Waals surface area contributed by atoms with E-state index < -0.39 is 0 Å². The predicted octanol–water partition coefficient (Wildman–Crippen LogP) is 0.533. The van der Waals surface area contributed by atoms with Gasteiger partial charge in [0, 0.05) is 5.56 Å². The van der Waals surface area contributed by atoms with Crippen LogP contribution in [0.25, 0.3) is 0 Å². The number of hydrogen-bond acceptors (Lipinski definition) is 4. The van der Waals surface area contributed by atoms with Gasteiger partial charge in [0.25, 0.3) is 0 Å². The molecule has 4 nitrogen and oxygen atoms in total. The zero-order valence-electron chi connectivity index (χ0n) is 6.95. The van der Waals surface area contributed by atoms with Gasteiger partial charge in [-0.15, -0.1) is 0 Å². The molecule has 0 amide bonds. The Bertz CT molecular complexity index is 395. The lowest BCUT2D eigenvalue weighted by atomic mass is 10.0. The largest absolute Gasteiger partial charge is 0.490 e. The van der Waals surface area contributed by atoms with E-state index in [1.165, 1.54) is 0 Å². The summed E-state index contributed by atoms with van der Waals surface area (Å²) in [5.41, 5.74) is 13.1. The van der Waals surface area contributed by atoms with Crippen LogP contribution in [0, 0.1) is 11.3 Å². The number of nitrogens with zero attached hydrogens (tertiary/aromatic N) is 1. The van der Waals surface area contributed by atoms with Crippen molar-refractivity contribution in [3.8, 4) is 11.8 Å². The van der Waals surface area contributed by atoms with Crippen LogP contribution in [-0.2, 0) is 0 Å². The van der Waals surface area contributed by atoms with Gasteiger partial charge in [-0.3, -0.25) is 0 Å². The third-order valence-corrected chi connectivity index (χ3v) is 2.14. The Labute approximate surface area is 75.7 Å². The summed E-state index contributed by atoms with van der Waals surface area (Å²) in [6.07, 6.45) is 0. The highest BCUT2D eigenvalue weighted by Crippen LogP contribution is 2.36. The Kier molecular flexibility index (Phi) is 1.61. The second-order valence-electron chi connectivity index (χ2n) is 2.98. The molecule has 0 unspecified atom stereocenters. The van der Waals surface area contributed by atoms with Gasteiger partial charge in [0.2, 0.25) is 0 Å². The molecule has 1 aromatic carbocycles. The predicted molar refractivity (Wildman–Crippen MR) is 48.0 cm³/mol. The monoisotopic (exact) mass is 175 g/mol. The Hall–Kier alpha value is -1.73. The van der Waals surface area contributed by atoms with Gasteiger partial charge < -0.3 is 16.2 Å². The fraction of sp³-hybridized carbons (Fsp3) is 0.222. The number of rotatable bonds is 0. The van der Waals surface area contributed by atoms with Crippen LogP contribution in [0.15, 0.2) is 12.1 Å². The second-order valence-corrected chi connectivity index (χ2v) is 2.98. The van der Waals surface area contributed by atoms with E-state index in [4.69, 9.17) is 21.5 Å². The van der Waals surface area contributed by atoms with Gasteiger partial charge in [-0.05, 0) is 6.07 Å². The fourth-order valence-corrected chi connectivity index (χ4v) is 1.44.